The second-order valence-corrected chi connectivity index (χ2v) is 8.47. The van der Waals surface area contributed by atoms with Gasteiger partial charge in [0.05, 0.1) is 12.6 Å². The van der Waals surface area contributed by atoms with E-state index in [-0.39, 0.29) is 17.4 Å². The minimum absolute atomic E-state index is 0.0428. The third-order valence-corrected chi connectivity index (χ3v) is 4.58. The number of rotatable bonds is 2. The van der Waals surface area contributed by atoms with Crippen molar-refractivity contribution in [2.75, 3.05) is 18.4 Å². The lowest BCUT2D eigenvalue weighted by Gasteiger charge is -2.35. The number of carbonyl (C=O) groups is 1. The molecule has 0 saturated carbocycles. The number of benzene rings is 2. The normalized spacial score (nSPS) is 18.7. The molecule has 0 aromatic heterocycles. The van der Waals surface area contributed by atoms with Crippen LogP contribution in [0.4, 0.5) is 5.69 Å². The summed E-state index contributed by atoms with van der Waals surface area (Å²) in [4.78, 5) is 14.7. The second-order valence-electron chi connectivity index (χ2n) is 7.56. The lowest BCUT2D eigenvalue weighted by molar-refractivity contribution is -0.117. The molecular weight excluding hydrogens is 364 g/mol. The average Bonchev–Trinajstić information content (AvgIpc) is 2.61. The molecule has 2 aromatic rings. The fourth-order valence-corrected chi connectivity index (χ4v) is 3.70. The van der Waals surface area contributed by atoms with Gasteiger partial charge in [-0.05, 0) is 34.7 Å². The van der Waals surface area contributed by atoms with Crippen LogP contribution in [0.25, 0.3) is 0 Å². The summed E-state index contributed by atoms with van der Waals surface area (Å²) in [5, 5.41) is 3.06. The number of amides is 1. The number of halogens is 1. The molecule has 0 spiro atoms. The smallest absolute Gasteiger partial charge is 0.238 e. The Morgan fingerprint density at radius 2 is 1.88 bits per heavy atom. The Hall–Kier alpha value is -1.65. The van der Waals surface area contributed by atoms with Gasteiger partial charge in [-0.2, -0.15) is 0 Å². The molecule has 1 heterocycles. The van der Waals surface area contributed by atoms with E-state index in [0.29, 0.717) is 6.54 Å². The number of carbonyl (C=O) groups excluding carboxylic acids is 1. The highest BCUT2D eigenvalue weighted by molar-refractivity contribution is 9.10. The van der Waals surface area contributed by atoms with Crippen LogP contribution in [0, 0.1) is 5.41 Å². The minimum Gasteiger partial charge on any atom is -0.325 e. The molecule has 4 heteroatoms. The minimum atomic E-state index is 0.0428. The Morgan fingerprint density at radius 3 is 2.54 bits per heavy atom. The largest absolute Gasteiger partial charge is 0.325 e. The summed E-state index contributed by atoms with van der Waals surface area (Å²) in [5.41, 5.74) is 3.33. The topological polar surface area (TPSA) is 32.3 Å². The SMILES string of the molecule is CC(C)(C)CN1CC(=O)Nc2ccc(Br)cc2C1c1ccccc1. The van der Waals surface area contributed by atoms with Crippen molar-refractivity contribution in [2.24, 2.45) is 5.41 Å². The Kier molecular flexibility index (Phi) is 4.79. The standard InChI is InChI=1S/C20H23BrN2O/c1-20(2,3)13-23-12-18(24)22-17-10-9-15(21)11-16(17)19(23)14-7-5-4-6-8-14/h4-11,19H,12-13H2,1-3H3,(H,22,24). The summed E-state index contributed by atoms with van der Waals surface area (Å²) in [6.07, 6.45) is 0. The first-order valence-electron chi connectivity index (χ1n) is 8.22. The Balaban J connectivity index is 2.15. The molecule has 3 nitrogen and oxygen atoms in total. The van der Waals surface area contributed by atoms with Crippen LogP contribution < -0.4 is 5.32 Å². The predicted octanol–water partition coefficient (Wildman–Crippen LogP) is 4.84. The summed E-state index contributed by atoms with van der Waals surface area (Å²) >= 11 is 3.58. The predicted molar refractivity (Wildman–Crippen MR) is 102 cm³/mol. The summed E-state index contributed by atoms with van der Waals surface area (Å²) in [5.74, 6) is 0.0428. The van der Waals surface area contributed by atoms with Gasteiger partial charge in [0.2, 0.25) is 5.91 Å². The number of anilines is 1. The van der Waals surface area contributed by atoms with E-state index in [4.69, 9.17) is 0 Å². The zero-order chi connectivity index (χ0) is 17.3. The summed E-state index contributed by atoms with van der Waals surface area (Å²) in [6, 6.07) is 16.5. The van der Waals surface area contributed by atoms with Gasteiger partial charge in [-0.3, -0.25) is 9.69 Å². The molecule has 1 amide bonds. The van der Waals surface area contributed by atoms with Crippen molar-refractivity contribution in [3.63, 3.8) is 0 Å². The zero-order valence-corrected chi connectivity index (χ0v) is 15.9. The van der Waals surface area contributed by atoms with Crippen LogP contribution >= 0.6 is 15.9 Å². The van der Waals surface area contributed by atoms with Crippen molar-refractivity contribution in [3.05, 3.63) is 64.1 Å². The number of hydrogen-bond acceptors (Lipinski definition) is 2. The van der Waals surface area contributed by atoms with Gasteiger partial charge in [-0.15, -0.1) is 0 Å². The van der Waals surface area contributed by atoms with Gasteiger partial charge in [-0.25, -0.2) is 0 Å². The maximum atomic E-state index is 12.4. The van der Waals surface area contributed by atoms with Gasteiger partial charge < -0.3 is 5.32 Å². The lowest BCUT2D eigenvalue weighted by atomic mass is 9.91. The highest BCUT2D eigenvalue weighted by Crippen LogP contribution is 2.38. The van der Waals surface area contributed by atoms with Crippen LogP contribution in [0.2, 0.25) is 0 Å². The molecule has 1 aliphatic rings. The maximum absolute atomic E-state index is 12.4. The highest BCUT2D eigenvalue weighted by Gasteiger charge is 2.32. The van der Waals surface area contributed by atoms with Crippen molar-refractivity contribution in [1.29, 1.82) is 0 Å². The Morgan fingerprint density at radius 1 is 1.17 bits per heavy atom. The van der Waals surface area contributed by atoms with Crippen molar-refractivity contribution < 1.29 is 4.79 Å². The van der Waals surface area contributed by atoms with E-state index in [0.717, 1.165) is 22.3 Å². The van der Waals surface area contributed by atoms with E-state index >= 15 is 0 Å². The highest BCUT2D eigenvalue weighted by atomic mass is 79.9. The van der Waals surface area contributed by atoms with Crippen molar-refractivity contribution >= 4 is 27.5 Å². The van der Waals surface area contributed by atoms with E-state index in [1.165, 1.54) is 5.56 Å². The number of nitrogens with one attached hydrogen (secondary N) is 1. The molecule has 126 valence electrons. The fourth-order valence-electron chi connectivity index (χ4n) is 3.32. The van der Waals surface area contributed by atoms with Crippen LogP contribution in [-0.2, 0) is 4.79 Å². The summed E-state index contributed by atoms with van der Waals surface area (Å²) in [6.45, 7) is 7.86. The fraction of sp³-hybridized carbons (Fsp3) is 0.350. The van der Waals surface area contributed by atoms with Gasteiger partial charge >= 0.3 is 0 Å². The van der Waals surface area contributed by atoms with Crippen LogP contribution in [0.3, 0.4) is 0 Å². The summed E-state index contributed by atoms with van der Waals surface area (Å²) in [7, 11) is 0. The molecule has 1 N–H and O–H groups in total. The Bertz CT molecular complexity index is 737. The molecule has 0 radical (unpaired) electrons. The maximum Gasteiger partial charge on any atom is 0.238 e. The molecule has 0 saturated heterocycles. The third kappa shape index (κ3) is 3.87. The van der Waals surface area contributed by atoms with Gasteiger partial charge in [0.25, 0.3) is 0 Å². The first kappa shape index (κ1) is 17.2. The zero-order valence-electron chi connectivity index (χ0n) is 14.3. The van der Waals surface area contributed by atoms with E-state index < -0.39 is 0 Å². The van der Waals surface area contributed by atoms with Crippen LogP contribution in [0.1, 0.15) is 37.9 Å². The average molecular weight is 387 g/mol. The third-order valence-electron chi connectivity index (χ3n) is 4.09. The van der Waals surface area contributed by atoms with E-state index in [1.807, 2.05) is 18.2 Å². The molecule has 0 fully saturated rings. The van der Waals surface area contributed by atoms with Crippen molar-refractivity contribution in [2.45, 2.75) is 26.8 Å². The van der Waals surface area contributed by atoms with Gasteiger partial charge in [-0.1, -0.05) is 67.0 Å². The van der Waals surface area contributed by atoms with Crippen LogP contribution in [-0.4, -0.2) is 23.9 Å². The number of hydrogen-bond donors (Lipinski definition) is 1. The van der Waals surface area contributed by atoms with Crippen LogP contribution in [0.15, 0.2) is 53.0 Å². The molecule has 1 aliphatic heterocycles. The summed E-state index contributed by atoms with van der Waals surface area (Å²) < 4.78 is 1.02. The van der Waals surface area contributed by atoms with Crippen LogP contribution in [0.5, 0.6) is 0 Å². The molecule has 2 aromatic carbocycles. The number of fused-ring (bicyclic) bond motifs is 1. The van der Waals surface area contributed by atoms with E-state index in [1.54, 1.807) is 0 Å². The first-order chi connectivity index (χ1) is 11.3. The number of nitrogens with zero attached hydrogens (tertiary/aromatic N) is 1. The Labute approximate surface area is 152 Å². The quantitative estimate of drug-likeness (QED) is 0.800. The molecule has 3 rings (SSSR count). The van der Waals surface area contributed by atoms with Crippen molar-refractivity contribution in [3.8, 4) is 0 Å². The van der Waals surface area contributed by atoms with Gasteiger partial charge in [0.1, 0.15) is 0 Å². The van der Waals surface area contributed by atoms with E-state index in [2.05, 4.69) is 77.2 Å². The van der Waals surface area contributed by atoms with Gasteiger partial charge in [0, 0.05) is 16.7 Å². The molecule has 1 atom stereocenters. The van der Waals surface area contributed by atoms with E-state index in [9.17, 15) is 4.79 Å². The lowest BCUT2D eigenvalue weighted by Crippen LogP contribution is -2.39. The molecule has 1 unspecified atom stereocenters. The van der Waals surface area contributed by atoms with Gasteiger partial charge in [0.15, 0.2) is 0 Å². The monoisotopic (exact) mass is 386 g/mol. The first-order valence-corrected chi connectivity index (χ1v) is 9.01. The van der Waals surface area contributed by atoms with Crippen molar-refractivity contribution in [1.82, 2.24) is 4.90 Å². The molecule has 0 bridgehead atoms. The molecular formula is C20H23BrN2O. The second kappa shape index (κ2) is 6.69. The molecule has 0 aliphatic carbocycles. The molecule has 24 heavy (non-hydrogen) atoms.